The van der Waals surface area contributed by atoms with Gasteiger partial charge >= 0.3 is 12.0 Å². The Morgan fingerprint density at radius 3 is 2.65 bits per heavy atom. The predicted molar refractivity (Wildman–Crippen MR) is 57.4 cm³/mol. The second-order valence-electron chi connectivity index (χ2n) is 3.88. The molecule has 1 heterocycles. The molecule has 1 unspecified atom stereocenters. The van der Waals surface area contributed by atoms with Crippen molar-refractivity contribution in [1.29, 1.82) is 0 Å². The number of ether oxygens (including phenoxy) is 1. The topological polar surface area (TPSA) is 95.9 Å². The molecule has 1 rings (SSSR count). The molecule has 0 saturated carbocycles. The highest BCUT2D eigenvalue weighted by molar-refractivity contribution is 5.95. The summed E-state index contributed by atoms with van der Waals surface area (Å²) in [4.78, 5) is 34.4. The fraction of sp³-hybridized carbons (Fsp3) is 0.700. The summed E-state index contributed by atoms with van der Waals surface area (Å²) in [5.74, 6) is -1.65. The van der Waals surface area contributed by atoms with Crippen LogP contribution in [0, 0.1) is 0 Å². The largest absolute Gasteiger partial charge is 0.481 e. The molecular weight excluding hydrogens is 228 g/mol. The molecule has 17 heavy (non-hydrogen) atoms. The van der Waals surface area contributed by atoms with E-state index in [1.807, 2.05) is 0 Å². The molecule has 7 heteroatoms. The lowest BCUT2D eigenvalue weighted by molar-refractivity contribution is -0.138. The van der Waals surface area contributed by atoms with Crippen molar-refractivity contribution in [1.82, 2.24) is 10.2 Å². The van der Waals surface area contributed by atoms with E-state index in [0.717, 1.165) is 6.42 Å². The average molecular weight is 244 g/mol. The minimum absolute atomic E-state index is 0.0257. The summed E-state index contributed by atoms with van der Waals surface area (Å²) in [5, 5.41) is 10.5. The molecule has 1 aliphatic heterocycles. The number of carboxylic acids is 1. The van der Waals surface area contributed by atoms with Gasteiger partial charge in [0.1, 0.15) is 0 Å². The van der Waals surface area contributed by atoms with E-state index >= 15 is 0 Å². The second-order valence-corrected chi connectivity index (χ2v) is 3.88. The van der Waals surface area contributed by atoms with Crippen molar-refractivity contribution < 1.29 is 24.2 Å². The molecule has 3 amide bonds. The summed E-state index contributed by atoms with van der Waals surface area (Å²) in [6, 6.07) is -0.543. The number of aliphatic carboxylic acids is 1. The highest BCUT2D eigenvalue weighted by atomic mass is 16.5. The van der Waals surface area contributed by atoms with E-state index in [1.165, 1.54) is 4.90 Å². The number of imide groups is 1. The van der Waals surface area contributed by atoms with Crippen molar-refractivity contribution in [2.45, 2.75) is 25.3 Å². The van der Waals surface area contributed by atoms with Gasteiger partial charge in [-0.15, -0.1) is 0 Å². The fourth-order valence-electron chi connectivity index (χ4n) is 1.48. The number of carboxylic acid groups (broad SMARTS) is 1. The first kappa shape index (κ1) is 13.4. The van der Waals surface area contributed by atoms with Gasteiger partial charge in [0.25, 0.3) is 0 Å². The number of hydrogen-bond acceptors (Lipinski definition) is 4. The first-order valence-corrected chi connectivity index (χ1v) is 5.37. The Bertz CT molecular complexity index is 312. The van der Waals surface area contributed by atoms with Crippen molar-refractivity contribution in [2.75, 3.05) is 20.3 Å². The molecule has 0 bridgehead atoms. The number of rotatable bonds is 4. The quantitative estimate of drug-likeness (QED) is 0.714. The first-order chi connectivity index (χ1) is 8.00. The van der Waals surface area contributed by atoms with Crippen molar-refractivity contribution >= 4 is 17.9 Å². The average Bonchev–Trinajstić information content (AvgIpc) is 2.78. The lowest BCUT2D eigenvalue weighted by atomic mass is 10.2. The molecule has 1 atom stereocenters. The molecule has 2 N–H and O–H groups in total. The van der Waals surface area contributed by atoms with Crippen molar-refractivity contribution in [2.24, 2.45) is 0 Å². The Morgan fingerprint density at radius 1 is 1.41 bits per heavy atom. The number of urea groups is 1. The lowest BCUT2D eigenvalue weighted by Gasteiger charge is -2.22. The molecule has 7 nitrogen and oxygen atoms in total. The van der Waals surface area contributed by atoms with E-state index in [1.54, 1.807) is 7.05 Å². The van der Waals surface area contributed by atoms with Crippen LogP contribution in [-0.2, 0) is 14.3 Å². The number of nitrogens with one attached hydrogen (secondary N) is 1. The minimum Gasteiger partial charge on any atom is -0.481 e. The van der Waals surface area contributed by atoms with E-state index < -0.39 is 17.9 Å². The molecule has 0 spiro atoms. The maximum absolute atomic E-state index is 11.6. The zero-order valence-corrected chi connectivity index (χ0v) is 9.64. The van der Waals surface area contributed by atoms with E-state index in [2.05, 4.69) is 5.32 Å². The van der Waals surface area contributed by atoms with Gasteiger partial charge in [-0.25, -0.2) is 4.79 Å². The van der Waals surface area contributed by atoms with Crippen LogP contribution in [0.1, 0.15) is 19.3 Å². The van der Waals surface area contributed by atoms with Crippen LogP contribution in [-0.4, -0.2) is 54.2 Å². The van der Waals surface area contributed by atoms with Gasteiger partial charge in [0.15, 0.2) is 0 Å². The van der Waals surface area contributed by atoms with Gasteiger partial charge in [0.05, 0.1) is 19.1 Å². The van der Waals surface area contributed by atoms with Crippen molar-refractivity contribution in [3.05, 3.63) is 0 Å². The summed E-state index contributed by atoms with van der Waals surface area (Å²) < 4.78 is 5.13. The molecule has 1 aliphatic rings. The zero-order chi connectivity index (χ0) is 12.8. The van der Waals surface area contributed by atoms with Crippen LogP contribution in [0.3, 0.4) is 0 Å². The van der Waals surface area contributed by atoms with Gasteiger partial charge in [0, 0.05) is 20.1 Å². The summed E-state index contributed by atoms with van der Waals surface area (Å²) in [6.07, 6.45) is 0.263. The third kappa shape index (κ3) is 4.39. The fourth-order valence-corrected chi connectivity index (χ4v) is 1.48. The molecule has 0 aromatic rings. The van der Waals surface area contributed by atoms with Crippen LogP contribution in [0.4, 0.5) is 4.79 Å². The summed E-state index contributed by atoms with van der Waals surface area (Å²) >= 11 is 0. The Labute approximate surface area is 98.7 Å². The normalized spacial score (nSPS) is 18.8. The van der Waals surface area contributed by atoms with Gasteiger partial charge in [-0.05, 0) is 6.42 Å². The summed E-state index contributed by atoms with van der Waals surface area (Å²) in [5.41, 5.74) is 0. The lowest BCUT2D eigenvalue weighted by Crippen LogP contribution is -2.46. The van der Waals surface area contributed by atoms with Gasteiger partial charge in [-0.2, -0.15) is 0 Å². The molecule has 1 fully saturated rings. The standard InChI is InChI=1S/C10H16N2O5/c1-12(7-4-5-17-6-7)10(16)11-8(13)2-3-9(14)15/h7H,2-6H2,1H3,(H,14,15)(H,11,13,16). The van der Waals surface area contributed by atoms with Crippen LogP contribution in [0.25, 0.3) is 0 Å². The van der Waals surface area contributed by atoms with E-state index in [9.17, 15) is 14.4 Å². The van der Waals surface area contributed by atoms with Gasteiger partial charge in [0.2, 0.25) is 5.91 Å². The highest BCUT2D eigenvalue weighted by Gasteiger charge is 2.25. The van der Waals surface area contributed by atoms with Crippen molar-refractivity contribution in [3.63, 3.8) is 0 Å². The monoisotopic (exact) mass is 244 g/mol. The summed E-state index contributed by atoms with van der Waals surface area (Å²) in [7, 11) is 1.58. The Balaban J connectivity index is 2.32. The summed E-state index contributed by atoms with van der Waals surface area (Å²) in [6.45, 7) is 1.07. The maximum atomic E-state index is 11.6. The van der Waals surface area contributed by atoms with Gasteiger partial charge < -0.3 is 14.7 Å². The number of likely N-dealkylation sites (N-methyl/N-ethyl adjacent to an activating group) is 1. The number of hydrogen-bond donors (Lipinski definition) is 2. The molecule has 1 saturated heterocycles. The Hall–Kier alpha value is -1.63. The number of carbonyl (C=O) groups excluding carboxylic acids is 2. The molecule has 96 valence electrons. The SMILES string of the molecule is CN(C(=O)NC(=O)CCC(=O)O)C1CCOC1. The Morgan fingerprint density at radius 2 is 2.12 bits per heavy atom. The number of amides is 3. The van der Waals surface area contributed by atoms with Gasteiger partial charge in [-0.1, -0.05) is 0 Å². The smallest absolute Gasteiger partial charge is 0.324 e. The number of carbonyl (C=O) groups is 3. The van der Waals surface area contributed by atoms with Crippen molar-refractivity contribution in [3.8, 4) is 0 Å². The molecule has 0 aromatic heterocycles. The minimum atomic E-state index is -1.06. The van der Waals surface area contributed by atoms with Crippen LogP contribution in [0.15, 0.2) is 0 Å². The Kier molecular flexibility index (Phi) is 4.89. The van der Waals surface area contributed by atoms with E-state index in [0.29, 0.717) is 13.2 Å². The van der Waals surface area contributed by atoms with E-state index in [-0.39, 0.29) is 18.9 Å². The predicted octanol–water partition coefficient (Wildman–Crippen LogP) is -0.192. The number of nitrogens with zero attached hydrogens (tertiary/aromatic N) is 1. The van der Waals surface area contributed by atoms with E-state index in [4.69, 9.17) is 9.84 Å². The van der Waals surface area contributed by atoms with Gasteiger partial charge in [-0.3, -0.25) is 14.9 Å². The molecular formula is C10H16N2O5. The van der Waals surface area contributed by atoms with Crippen LogP contribution in [0.2, 0.25) is 0 Å². The highest BCUT2D eigenvalue weighted by Crippen LogP contribution is 2.10. The van der Waals surface area contributed by atoms with Crippen LogP contribution >= 0.6 is 0 Å². The zero-order valence-electron chi connectivity index (χ0n) is 9.64. The third-order valence-corrected chi connectivity index (χ3v) is 2.59. The first-order valence-electron chi connectivity index (χ1n) is 5.37. The second kappa shape index (κ2) is 6.19. The maximum Gasteiger partial charge on any atom is 0.324 e. The van der Waals surface area contributed by atoms with Crippen LogP contribution in [0.5, 0.6) is 0 Å². The van der Waals surface area contributed by atoms with Crippen LogP contribution < -0.4 is 5.32 Å². The third-order valence-electron chi connectivity index (χ3n) is 2.59. The molecule has 0 aliphatic carbocycles. The molecule has 0 aromatic carbocycles. The molecule has 0 radical (unpaired) electrons.